The molecule has 3 N–H and O–H groups in total. The number of aromatic nitrogens is 1. The van der Waals surface area contributed by atoms with Crippen LogP contribution < -0.4 is 11.1 Å². The van der Waals surface area contributed by atoms with E-state index in [1.54, 1.807) is 12.4 Å². The number of hydrogen-bond acceptors (Lipinski definition) is 3. The van der Waals surface area contributed by atoms with E-state index in [1.807, 2.05) is 26.0 Å². The molecule has 1 heterocycles. The van der Waals surface area contributed by atoms with Crippen molar-refractivity contribution in [1.82, 2.24) is 10.3 Å². The first-order valence-corrected chi connectivity index (χ1v) is 6.08. The van der Waals surface area contributed by atoms with Crippen LogP contribution in [0, 0.1) is 0 Å². The Morgan fingerprint density at radius 1 is 1.35 bits per heavy atom. The lowest BCUT2D eigenvalue weighted by molar-refractivity contribution is -0.126. The van der Waals surface area contributed by atoms with Gasteiger partial charge in [-0.3, -0.25) is 9.78 Å². The smallest absolute Gasteiger partial charge is 0.240 e. The molecule has 0 aliphatic rings. The van der Waals surface area contributed by atoms with Crippen LogP contribution in [0.25, 0.3) is 0 Å². The van der Waals surface area contributed by atoms with Crippen LogP contribution >= 0.6 is 0 Å². The van der Waals surface area contributed by atoms with Crippen molar-refractivity contribution >= 4 is 5.91 Å². The summed E-state index contributed by atoms with van der Waals surface area (Å²) in [5.41, 5.74) is 6.44. The topological polar surface area (TPSA) is 68.0 Å². The average Bonchev–Trinajstić information content (AvgIpc) is 2.39. The van der Waals surface area contributed by atoms with Crippen LogP contribution in [0.4, 0.5) is 0 Å². The summed E-state index contributed by atoms with van der Waals surface area (Å²) in [6.45, 7) is 4.49. The minimum absolute atomic E-state index is 0.0587. The van der Waals surface area contributed by atoms with Crippen LogP contribution in [0.5, 0.6) is 0 Å². The summed E-state index contributed by atoms with van der Waals surface area (Å²) in [5.74, 6) is -0.0587. The third kappa shape index (κ3) is 3.82. The molecule has 0 aliphatic carbocycles. The zero-order valence-electron chi connectivity index (χ0n) is 10.6. The second kappa shape index (κ2) is 6.35. The summed E-state index contributed by atoms with van der Waals surface area (Å²) < 4.78 is 0. The highest BCUT2D eigenvalue weighted by Gasteiger charge is 2.29. The molecule has 0 fully saturated rings. The lowest BCUT2D eigenvalue weighted by Crippen LogP contribution is -2.53. The van der Waals surface area contributed by atoms with Gasteiger partial charge in [0.2, 0.25) is 5.91 Å². The van der Waals surface area contributed by atoms with E-state index in [2.05, 4.69) is 10.3 Å². The van der Waals surface area contributed by atoms with Gasteiger partial charge in [0.1, 0.15) is 0 Å². The number of carbonyl (C=O) groups is 1. The quantitative estimate of drug-likeness (QED) is 0.780. The molecule has 4 heteroatoms. The van der Waals surface area contributed by atoms with Crippen molar-refractivity contribution in [1.29, 1.82) is 0 Å². The number of hydrogen-bond donors (Lipinski definition) is 2. The Morgan fingerprint density at radius 2 is 1.94 bits per heavy atom. The van der Waals surface area contributed by atoms with Gasteiger partial charge >= 0.3 is 0 Å². The molecule has 0 saturated heterocycles. The first-order chi connectivity index (χ1) is 8.12. The highest BCUT2D eigenvalue weighted by Crippen LogP contribution is 2.10. The van der Waals surface area contributed by atoms with Crippen LogP contribution in [-0.2, 0) is 11.2 Å². The van der Waals surface area contributed by atoms with Gasteiger partial charge in [-0.05, 0) is 37.0 Å². The molecule has 1 amide bonds. The number of pyridine rings is 1. The van der Waals surface area contributed by atoms with Gasteiger partial charge in [-0.15, -0.1) is 0 Å². The third-order valence-electron chi connectivity index (χ3n) is 3.16. The monoisotopic (exact) mass is 235 g/mol. The molecule has 0 aromatic carbocycles. The summed E-state index contributed by atoms with van der Waals surface area (Å²) in [6.07, 6.45) is 5.62. The maximum absolute atomic E-state index is 11.9. The third-order valence-corrected chi connectivity index (χ3v) is 3.16. The van der Waals surface area contributed by atoms with E-state index < -0.39 is 5.54 Å². The van der Waals surface area contributed by atoms with E-state index in [4.69, 9.17) is 5.73 Å². The van der Waals surface area contributed by atoms with Crippen LogP contribution in [0.2, 0.25) is 0 Å². The van der Waals surface area contributed by atoms with Gasteiger partial charge in [0.15, 0.2) is 0 Å². The molecule has 94 valence electrons. The van der Waals surface area contributed by atoms with Crippen molar-refractivity contribution in [3.8, 4) is 0 Å². The molecule has 17 heavy (non-hydrogen) atoms. The van der Waals surface area contributed by atoms with E-state index in [-0.39, 0.29) is 5.91 Å². The van der Waals surface area contributed by atoms with Crippen molar-refractivity contribution in [3.63, 3.8) is 0 Å². The Morgan fingerprint density at radius 3 is 2.47 bits per heavy atom. The minimum atomic E-state index is -0.724. The number of carbonyl (C=O) groups excluding carboxylic acids is 1. The van der Waals surface area contributed by atoms with Gasteiger partial charge < -0.3 is 11.1 Å². The molecule has 0 spiro atoms. The summed E-state index contributed by atoms with van der Waals surface area (Å²) in [6, 6.07) is 3.89. The fourth-order valence-corrected chi connectivity index (χ4v) is 1.62. The predicted octanol–water partition coefficient (Wildman–Crippen LogP) is 1.26. The van der Waals surface area contributed by atoms with Crippen molar-refractivity contribution in [2.24, 2.45) is 5.73 Å². The summed E-state index contributed by atoms with van der Waals surface area (Å²) in [4.78, 5) is 15.8. The first kappa shape index (κ1) is 13.6. The van der Waals surface area contributed by atoms with Crippen molar-refractivity contribution in [2.75, 3.05) is 6.54 Å². The van der Waals surface area contributed by atoms with Gasteiger partial charge in [0.25, 0.3) is 0 Å². The number of amides is 1. The SMILES string of the molecule is CCC(N)(CC)C(=O)NCCc1ccncc1. The van der Waals surface area contributed by atoms with E-state index in [1.165, 1.54) is 0 Å². The molecular formula is C13H21N3O. The van der Waals surface area contributed by atoms with Gasteiger partial charge in [-0.1, -0.05) is 13.8 Å². The Bertz CT molecular complexity index is 347. The predicted molar refractivity (Wildman–Crippen MR) is 68.5 cm³/mol. The lowest BCUT2D eigenvalue weighted by atomic mass is 9.93. The Hall–Kier alpha value is -1.42. The van der Waals surface area contributed by atoms with Crippen molar-refractivity contribution in [3.05, 3.63) is 30.1 Å². The van der Waals surface area contributed by atoms with Gasteiger partial charge in [-0.25, -0.2) is 0 Å². The molecule has 1 rings (SSSR count). The van der Waals surface area contributed by atoms with E-state index in [9.17, 15) is 4.79 Å². The van der Waals surface area contributed by atoms with E-state index in [0.29, 0.717) is 19.4 Å². The highest BCUT2D eigenvalue weighted by molar-refractivity contribution is 5.85. The molecule has 0 bridgehead atoms. The lowest BCUT2D eigenvalue weighted by Gasteiger charge is -2.25. The Kier molecular flexibility index (Phi) is 5.10. The number of nitrogens with two attached hydrogens (primary N) is 1. The maximum atomic E-state index is 11.9. The van der Waals surface area contributed by atoms with Crippen molar-refractivity contribution < 1.29 is 4.79 Å². The molecule has 0 aliphatic heterocycles. The molecular weight excluding hydrogens is 214 g/mol. The zero-order valence-corrected chi connectivity index (χ0v) is 10.6. The fourth-order valence-electron chi connectivity index (χ4n) is 1.62. The number of rotatable bonds is 6. The van der Waals surface area contributed by atoms with Crippen LogP contribution in [0.3, 0.4) is 0 Å². The standard InChI is InChI=1S/C13H21N3O/c1-3-13(14,4-2)12(17)16-10-7-11-5-8-15-9-6-11/h5-6,8-9H,3-4,7,10,14H2,1-2H3,(H,16,17). The average molecular weight is 235 g/mol. The minimum Gasteiger partial charge on any atom is -0.354 e. The van der Waals surface area contributed by atoms with Crippen LogP contribution in [0.15, 0.2) is 24.5 Å². The Balaban J connectivity index is 2.39. The largest absolute Gasteiger partial charge is 0.354 e. The van der Waals surface area contributed by atoms with Gasteiger partial charge in [0.05, 0.1) is 5.54 Å². The van der Waals surface area contributed by atoms with Crippen LogP contribution in [-0.4, -0.2) is 23.0 Å². The summed E-state index contributed by atoms with van der Waals surface area (Å²) in [7, 11) is 0. The molecule has 1 aromatic heterocycles. The molecule has 0 unspecified atom stereocenters. The first-order valence-electron chi connectivity index (χ1n) is 6.08. The zero-order chi connectivity index (χ0) is 12.7. The molecule has 4 nitrogen and oxygen atoms in total. The van der Waals surface area contributed by atoms with E-state index in [0.717, 1.165) is 12.0 Å². The Labute approximate surface area is 103 Å². The molecule has 0 radical (unpaired) electrons. The van der Waals surface area contributed by atoms with Crippen molar-refractivity contribution in [2.45, 2.75) is 38.6 Å². The van der Waals surface area contributed by atoms with Crippen LogP contribution in [0.1, 0.15) is 32.3 Å². The molecule has 1 aromatic rings. The number of nitrogens with zero attached hydrogens (tertiary/aromatic N) is 1. The molecule has 0 saturated carbocycles. The van der Waals surface area contributed by atoms with Gasteiger partial charge in [-0.2, -0.15) is 0 Å². The second-order valence-electron chi connectivity index (χ2n) is 4.22. The van der Waals surface area contributed by atoms with Gasteiger partial charge in [0, 0.05) is 18.9 Å². The normalized spacial score (nSPS) is 11.2. The number of nitrogens with one attached hydrogen (secondary N) is 1. The fraction of sp³-hybridized carbons (Fsp3) is 0.538. The molecule has 0 atom stereocenters. The summed E-state index contributed by atoms with van der Waals surface area (Å²) >= 11 is 0. The second-order valence-corrected chi connectivity index (χ2v) is 4.22. The summed E-state index contributed by atoms with van der Waals surface area (Å²) in [5, 5.41) is 2.89. The highest BCUT2D eigenvalue weighted by atomic mass is 16.2. The maximum Gasteiger partial charge on any atom is 0.240 e. The van der Waals surface area contributed by atoms with E-state index >= 15 is 0 Å².